The zero-order valence-corrected chi connectivity index (χ0v) is 14.3. The lowest BCUT2D eigenvalue weighted by atomic mass is 10.3. The van der Waals surface area contributed by atoms with E-state index in [0.29, 0.717) is 12.3 Å². The van der Waals surface area contributed by atoms with E-state index < -0.39 is 0 Å². The molecular formula is C11H19BrN4O3S. The molecule has 0 spiro atoms. The number of hydrogen-bond acceptors (Lipinski definition) is 7. The minimum absolute atomic E-state index is 0.0462. The molecule has 2 N–H and O–H groups in total. The van der Waals surface area contributed by atoms with Crippen molar-refractivity contribution >= 4 is 33.6 Å². The normalized spacial score (nSPS) is 10.1. The number of hydrogen-bond donors (Lipinski definition) is 2. The van der Waals surface area contributed by atoms with Gasteiger partial charge in [-0.1, -0.05) is 5.22 Å². The molecule has 0 aliphatic carbocycles. The molecule has 0 saturated carbocycles. The molecule has 0 aliphatic heterocycles. The second-order valence-electron chi connectivity index (χ2n) is 3.37. The van der Waals surface area contributed by atoms with Crippen molar-refractivity contribution in [2.75, 3.05) is 27.8 Å². The van der Waals surface area contributed by atoms with E-state index >= 15 is 0 Å². The van der Waals surface area contributed by atoms with Gasteiger partial charge in [-0.3, -0.25) is 4.79 Å². The highest BCUT2D eigenvalue weighted by atomic mass is 79.9. The van der Waals surface area contributed by atoms with Crippen LogP contribution in [0.1, 0.15) is 10.4 Å². The maximum Gasteiger partial charge on any atom is 0.157 e. The molecule has 114 valence electrons. The third-order valence-corrected chi connectivity index (χ3v) is 4.26. The number of thiophene rings is 1. The molecule has 1 heterocycles. The summed E-state index contributed by atoms with van der Waals surface area (Å²) in [7, 11) is 4.51. The van der Waals surface area contributed by atoms with Gasteiger partial charge in [0.05, 0.1) is 8.66 Å². The Hall–Kier alpha value is -1.03. The van der Waals surface area contributed by atoms with Gasteiger partial charge in [-0.2, -0.15) is 5.11 Å². The van der Waals surface area contributed by atoms with Crippen LogP contribution in [0.15, 0.2) is 14.1 Å². The van der Waals surface area contributed by atoms with Gasteiger partial charge in [-0.15, -0.1) is 11.3 Å². The van der Waals surface area contributed by atoms with E-state index in [1.165, 1.54) is 16.5 Å². The highest BCUT2D eigenvalue weighted by molar-refractivity contribution is 9.11. The summed E-state index contributed by atoms with van der Waals surface area (Å²) in [5.41, 5.74) is 3.79. The van der Waals surface area contributed by atoms with Crippen LogP contribution in [-0.4, -0.2) is 44.3 Å². The van der Waals surface area contributed by atoms with Crippen LogP contribution in [-0.2, 0) is 11.3 Å². The first-order valence-corrected chi connectivity index (χ1v) is 7.28. The number of halogens is 1. The van der Waals surface area contributed by atoms with Crippen LogP contribution in [0.2, 0.25) is 0 Å². The van der Waals surface area contributed by atoms with Crippen LogP contribution in [0.3, 0.4) is 0 Å². The molecule has 0 amide bonds. The van der Waals surface area contributed by atoms with Gasteiger partial charge < -0.3 is 9.84 Å². The average molecular weight is 367 g/mol. The molecule has 7 nitrogen and oxygen atoms in total. The number of rotatable bonds is 7. The Morgan fingerprint density at radius 3 is 2.75 bits per heavy atom. The fourth-order valence-electron chi connectivity index (χ4n) is 1.18. The van der Waals surface area contributed by atoms with Gasteiger partial charge >= 0.3 is 0 Å². The third-order valence-electron chi connectivity index (χ3n) is 2.13. The number of nitrogens with zero attached hydrogens (tertiary/aromatic N) is 3. The van der Waals surface area contributed by atoms with Crippen molar-refractivity contribution in [2.45, 2.75) is 13.5 Å². The quantitative estimate of drug-likeness (QED) is 0.437. The summed E-state index contributed by atoms with van der Waals surface area (Å²) >= 11 is 4.98. The van der Waals surface area contributed by atoms with Gasteiger partial charge in [0.2, 0.25) is 0 Å². The topological polar surface area (TPSA) is 86.5 Å². The maximum atomic E-state index is 10.4. The molecule has 0 bridgehead atoms. The molecule has 0 aliphatic rings. The van der Waals surface area contributed by atoms with Gasteiger partial charge in [0, 0.05) is 26.8 Å². The Morgan fingerprint density at radius 1 is 1.55 bits per heavy atom. The molecule has 0 atom stereocenters. The van der Waals surface area contributed by atoms with E-state index in [4.69, 9.17) is 9.84 Å². The minimum Gasteiger partial charge on any atom is -0.485 e. The lowest BCUT2D eigenvalue weighted by Gasteiger charge is -2.07. The van der Waals surface area contributed by atoms with Gasteiger partial charge in [0.1, 0.15) is 18.9 Å². The van der Waals surface area contributed by atoms with E-state index in [-0.39, 0.29) is 6.61 Å². The van der Waals surface area contributed by atoms with Crippen molar-refractivity contribution < 1.29 is 14.6 Å². The molecule has 0 saturated heterocycles. The number of aliphatic hydroxyl groups is 1. The molecule has 0 unspecified atom stereocenters. The number of aldehydes is 1. The van der Waals surface area contributed by atoms with Crippen molar-refractivity contribution in [1.82, 2.24) is 10.5 Å². The number of ether oxygens (including phenoxy) is 1. The predicted octanol–water partition coefficient (Wildman–Crippen LogP) is 1.94. The molecule has 20 heavy (non-hydrogen) atoms. The predicted molar refractivity (Wildman–Crippen MR) is 81.8 cm³/mol. The Balaban J connectivity index is 0.00000172. The maximum absolute atomic E-state index is 10.4. The zero-order chi connectivity index (χ0) is 15.5. The second kappa shape index (κ2) is 10.7. The molecule has 0 radical (unpaired) electrons. The number of carbonyl (C=O) groups excluding carboxylic acids is 1. The summed E-state index contributed by atoms with van der Waals surface area (Å²) in [5.74, 6) is 0.713. The summed E-state index contributed by atoms with van der Waals surface area (Å²) in [6, 6.07) is 0. The highest BCUT2D eigenvalue weighted by Crippen LogP contribution is 2.38. The molecule has 1 aromatic heterocycles. The highest BCUT2D eigenvalue weighted by Gasteiger charge is 2.14. The van der Waals surface area contributed by atoms with E-state index in [1.54, 1.807) is 14.1 Å². The van der Waals surface area contributed by atoms with Crippen LogP contribution >= 0.6 is 27.3 Å². The zero-order valence-electron chi connectivity index (χ0n) is 11.9. The van der Waals surface area contributed by atoms with E-state index in [9.17, 15) is 4.79 Å². The van der Waals surface area contributed by atoms with Gasteiger partial charge in [0.15, 0.2) is 6.29 Å². The molecule has 0 aromatic carbocycles. The van der Waals surface area contributed by atoms with Crippen molar-refractivity contribution in [3.63, 3.8) is 0 Å². The SMILES string of the molecule is CNN(C)N=NCc1sc(Br)c(C)c1OCC=O.CO. The van der Waals surface area contributed by atoms with Gasteiger partial charge in [-0.05, 0) is 22.9 Å². The Morgan fingerprint density at radius 2 is 2.20 bits per heavy atom. The van der Waals surface area contributed by atoms with E-state index in [2.05, 4.69) is 31.7 Å². The first-order valence-electron chi connectivity index (χ1n) is 5.67. The molecule has 1 rings (SSSR count). The molecular weight excluding hydrogens is 348 g/mol. The van der Waals surface area contributed by atoms with Gasteiger partial charge in [0.25, 0.3) is 0 Å². The van der Waals surface area contributed by atoms with Crippen LogP contribution in [0.4, 0.5) is 0 Å². The lowest BCUT2D eigenvalue weighted by molar-refractivity contribution is -0.109. The number of carbonyl (C=O) groups is 1. The Bertz CT molecular complexity index is 440. The van der Waals surface area contributed by atoms with Crippen LogP contribution in [0.5, 0.6) is 5.75 Å². The lowest BCUT2D eigenvalue weighted by Crippen LogP contribution is -2.24. The van der Waals surface area contributed by atoms with Crippen LogP contribution in [0, 0.1) is 6.92 Å². The molecule has 1 aromatic rings. The molecule has 0 fully saturated rings. The Labute approximate surface area is 130 Å². The first kappa shape index (κ1) is 19.0. The summed E-state index contributed by atoms with van der Waals surface area (Å²) in [6.45, 7) is 2.39. The second-order valence-corrected chi connectivity index (χ2v) is 5.79. The fourth-order valence-corrected chi connectivity index (χ4v) is 2.83. The third kappa shape index (κ3) is 5.95. The van der Waals surface area contributed by atoms with Crippen LogP contribution in [0.25, 0.3) is 0 Å². The summed E-state index contributed by atoms with van der Waals surface area (Å²) < 4.78 is 6.39. The average Bonchev–Trinajstić information content (AvgIpc) is 2.74. The summed E-state index contributed by atoms with van der Waals surface area (Å²) in [5, 5.41) is 16.5. The smallest absolute Gasteiger partial charge is 0.157 e. The van der Waals surface area contributed by atoms with E-state index in [0.717, 1.165) is 27.6 Å². The first-order chi connectivity index (χ1) is 9.60. The number of aliphatic hydroxyl groups excluding tert-OH is 1. The standard InChI is InChI=1S/C10H15BrN4O2S.CH4O/c1-7-9(17-5-4-16)8(18-10(7)11)6-13-14-15(3)12-2;1-2/h4,12H,5-6H2,1-3H3;2H,1H3. The Kier molecular flexibility index (Phi) is 10.2. The minimum atomic E-state index is 0.0462. The van der Waals surface area contributed by atoms with Crippen LogP contribution < -0.4 is 10.2 Å². The number of hydrazine groups is 1. The van der Waals surface area contributed by atoms with Crippen molar-refractivity contribution in [3.05, 3.63) is 14.2 Å². The van der Waals surface area contributed by atoms with Gasteiger partial charge in [-0.25, -0.2) is 10.5 Å². The largest absolute Gasteiger partial charge is 0.485 e. The van der Waals surface area contributed by atoms with Crippen molar-refractivity contribution in [3.8, 4) is 5.75 Å². The molecule has 9 heteroatoms. The number of nitrogens with one attached hydrogen (secondary N) is 1. The van der Waals surface area contributed by atoms with Crippen molar-refractivity contribution in [1.29, 1.82) is 0 Å². The summed E-state index contributed by atoms with van der Waals surface area (Å²) in [6.07, 6.45) is 0.727. The summed E-state index contributed by atoms with van der Waals surface area (Å²) in [4.78, 5) is 11.3. The monoisotopic (exact) mass is 366 g/mol. The fraction of sp³-hybridized carbons (Fsp3) is 0.545. The van der Waals surface area contributed by atoms with E-state index in [1.807, 2.05) is 6.92 Å². The van der Waals surface area contributed by atoms with Crippen molar-refractivity contribution in [2.24, 2.45) is 10.3 Å².